The molecule has 28 heavy (non-hydrogen) atoms. The molecule has 1 aliphatic rings. The topological polar surface area (TPSA) is 53.5 Å². The molecule has 2 heterocycles. The third kappa shape index (κ3) is 4.50. The van der Waals surface area contributed by atoms with Gasteiger partial charge in [-0.15, -0.1) is 16.9 Å². The Morgan fingerprint density at radius 1 is 1.36 bits per heavy atom. The Hall–Kier alpha value is -1.64. The minimum atomic E-state index is -0.147. The number of rotatable bonds is 4. The van der Waals surface area contributed by atoms with Crippen LogP contribution in [0.2, 0.25) is 0 Å². The highest BCUT2D eigenvalue weighted by Crippen LogP contribution is 2.25. The summed E-state index contributed by atoms with van der Waals surface area (Å²) in [6.07, 6.45) is 0. The van der Waals surface area contributed by atoms with Crippen molar-refractivity contribution in [3.05, 3.63) is 34.6 Å². The largest absolute Gasteiger partial charge is 0.468 e. The zero-order chi connectivity index (χ0) is 20.5. The van der Waals surface area contributed by atoms with Gasteiger partial charge in [0, 0.05) is 18.4 Å². The van der Waals surface area contributed by atoms with Gasteiger partial charge in [0.15, 0.2) is 17.7 Å². The SMILES string of the molecule is COC(=O)[C@@H]1C[NH+](Cn2nc(-c3ccc(C(C)(C)C)cc3)n(C)c2=S)CCS1. The average molecular weight is 422 g/mol. The van der Waals surface area contributed by atoms with Crippen LogP contribution in [0, 0.1) is 4.77 Å². The van der Waals surface area contributed by atoms with Gasteiger partial charge in [-0.1, -0.05) is 45.0 Å². The van der Waals surface area contributed by atoms with Crippen molar-refractivity contribution in [1.82, 2.24) is 14.3 Å². The summed E-state index contributed by atoms with van der Waals surface area (Å²) in [7, 11) is 3.40. The van der Waals surface area contributed by atoms with E-state index in [2.05, 4.69) is 45.0 Å². The van der Waals surface area contributed by atoms with Gasteiger partial charge in [-0.2, -0.15) is 4.68 Å². The molecule has 2 atom stereocenters. The molecule has 1 fully saturated rings. The van der Waals surface area contributed by atoms with Gasteiger partial charge in [-0.3, -0.25) is 4.79 Å². The Morgan fingerprint density at radius 2 is 2.04 bits per heavy atom. The fourth-order valence-electron chi connectivity index (χ4n) is 3.37. The summed E-state index contributed by atoms with van der Waals surface area (Å²) in [4.78, 5) is 13.2. The molecule has 2 aromatic rings. The number of nitrogens with zero attached hydrogens (tertiary/aromatic N) is 3. The van der Waals surface area contributed by atoms with Crippen LogP contribution in [-0.4, -0.2) is 51.5 Å². The van der Waals surface area contributed by atoms with Gasteiger partial charge in [0.2, 0.25) is 4.77 Å². The van der Waals surface area contributed by atoms with Crippen LogP contribution < -0.4 is 4.90 Å². The van der Waals surface area contributed by atoms with E-state index in [1.54, 1.807) is 11.8 Å². The van der Waals surface area contributed by atoms with Gasteiger partial charge in [-0.25, -0.2) is 0 Å². The number of hydrogen-bond acceptors (Lipinski definition) is 5. The van der Waals surface area contributed by atoms with Gasteiger partial charge in [0.05, 0.1) is 13.7 Å². The van der Waals surface area contributed by atoms with Gasteiger partial charge in [0.1, 0.15) is 6.54 Å². The predicted molar refractivity (Wildman–Crippen MR) is 115 cm³/mol. The lowest BCUT2D eigenvalue weighted by molar-refractivity contribution is -0.921. The third-order valence-corrected chi connectivity index (χ3v) is 6.82. The highest BCUT2D eigenvalue weighted by Gasteiger charge is 2.30. The first-order valence-corrected chi connectivity index (χ1v) is 10.9. The lowest BCUT2D eigenvalue weighted by Crippen LogP contribution is -3.14. The fourth-order valence-corrected chi connectivity index (χ4v) is 4.84. The van der Waals surface area contributed by atoms with Gasteiger partial charge >= 0.3 is 5.97 Å². The normalized spacial score (nSPS) is 20.2. The molecule has 0 aliphatic carbocycles. The number of benzene rings is 1. The van der Waals surface area contributed by atoms with E-state index >= 15 is 0 Å². The summed E-state index contributed by atoms with van der Waals surface area (Å²) in [6, 6.07) is 8.54. The molecule has 1 aliphatic heterocycles. The zero-order valence-electron chi connectivity index (χ0n) is 17.2. The van der Waals surface area contributed by atoms with Crippen molar-refractivity contribution in [2.45, 2.75) is 38.1 Å². The summed E-state index contributed by atoms with van der Waals surface area (Å²) in [5, 5.41) is 4.67. The lowest BCUT2D eigenvalue weighted by Gasteiger charge is -2.27. The zero-order valence-corrected chi connectivity index (χ0v) is 18.8. The summed E-state index contributed by atoms with van der Waals surface area (Å²) in [5.41, 5.74) is 2.47. The summed E-state index contributed by atoms with van der Waals surface area (Å²) in [6.45, 7) is 8.98. The number of aromatic nitrogens is 3. The molecule has 0 saturated carbocycles. The molecule has 1 aromatic heterocycles. The first-order valence-electron chi connectivity index (χ1n) is 9.48. The Kier molecular flexibility index (Phi) is 6.31. The molecule has 1 aromatic carbocycles. The van der Waals surface area contributed by atoms with E-state index in [9.17, 15) is 4.79 Å². The number of quaternary nitrogens is 1. The molecule has 3 rings (SSSR count). The molecule has 1 saturated heterocycles. The summed E-state index contributed by atoms with van der Waals surface area (Å²) >= 11 is 7.29. The summed E-state index contributed by atoms with van der Waals surface area (Å²) < 4.78 is 9.43. The van der Waals surface area contributed by atoms with Crippen molar-refractivity contribution in [1.29, 1.82) is 0 Å². The minimum absolute atomic E-state index is 0.115. The van der Waals surface area contributed by atoms with Crippen molar-refractivity contribution in [3.63, 3.8) is 0 Å². The second kappa shape index (κ2) is 8.39. The Labute approximate surface area is 175 Å². The van der Waals surface area contributed by atoms with Crippen LogP contribution >= 0.6 is 24.0 Å². The highest BCUT2D eigenvalue weighted by atomic mass is 32.2. The van der Waals surface area contributed by atoms with Crippen LogP contribution in [0.3, 0.4) is 0 Å². The van der Waals surface area contributed by atoms with Crippen molar-refractivity contribution in [3.8, 4) is 11.4 Å². The van der Waals surface area contributed by atoms with Crippen LogP contribution in [0.4, 0.5) is 0 Å². The molecular formula is C20H29N4O2S2+. The van der Waals surface area contributed by atoms with Crippen molar-refractivity contribution < 1.29 is 14.4 Å². The number of carbonyl (C=O) groups excluding carboxylic acids is 1. The summed E-state index contributed by atoms with van der Waals surface area (Å²) in [5.74, 6) is 1.64. The quantitative estimate of drug-likeness (QED) is 0.605. The number of carbonyl (C=O) groups is 1. The average Bonchev–Trinajstić information content (AvgIpc) is 2.95. The first-order chi connectivity index (χ1) is 13.2. The number of esters is 1. The van der Waals surface area contributed by atoms with Crippen molar-refractivity contribution >= 4 is 29.9 Å². The third-order valence-electron chi connectivity index (χ3n) is 5.14. The van der Waals surface area contributed by atoms with E-state index in [1.807, 2.05) is 16.3 Å². The van der Waals surface area contributed by atoms with E-state index in [4.69, 9.17) is 22.1 Å². The monoisotopic (exact) mass is 421 g/mol. The predicted octanol–water partition coefficient (Wildman–Crippen LogP) is 2.05. The molecule has 1 N–H and O–H groups in total. The van der Waals surface area contributed by atoms with Crippen LogP contribution in [0.1, 0.15) is 26.3 Å². The van der Waals surface area contributed by atoms with Crippen LogP contribution in [0.5, 0.6) is 0 Å². The molecule has 0 bridgehead atoms. The van der Waals surface area contributed by atoms with E-state index in [-0.39, 0.29) is 16.6 Å². The molecular weight excluding hydrogens is 392 g/mol. The molecule has 152 valence electrons. The van der Waals surface area contributed by atoms with E-state index in [1.165, 1.54) is 17.6 Å². The second-order valence-corrected chi connectivity index (χ2v) is 9.91. The maximum Gasteiger partial charge on any atom is 0.324 e. The standard InChI is InChI=1S/C20H28N4O2S2/c1-20(2,3)15-8-6-14(7-9-15)17-21-24(19(27)22(17)4)13-23-10-11-28-16(12-23)18(25)26-5/h6-9,16H,10-13H2,1-5H3/p+1/t16-/m0/s1. The molecule has 0 radical (unpaired) electrons. The fraction of sp³-hybridized carbons (Fsp3) is 0.550. The molecule has 6 nitrogen and oxygen atoms in total. The molecule has 0 amide bonds. The Bertz CT molecular complexity index is 896. The van der Waals surface area contributed by atoms with Crippen molar-refractivity contribution in [2.75, 3.05) is 26.0 Å². The number of methoxy groups -OCH3 is 1. The number of thioether (sulfide) groups is 1. The Morgan fingerprint density at radius 3 is 2.64 bits per heavy atom. The van der Waals surface area contributed by atoms with Gasteiger partial charge < -0.3 is 14.2 Å². The van der Waals surface area contributed by atoms with E-state index in [0.717, 1.165) is 30.2 Å². The molecule has 1 unspecified atom stereocenters. The van der Waals surface area contributed by atoms with Crippen LogP contribution in [0.15, 0.2) is 24.3 Å². The van der Waals surface area contributed by atoms with Crippen molar-refractivity contribution in [2.24, 2.45) is 7.05 Å². The lowest BCUT2D eigenvalue weighted by atomic mass is 9.87. The van der Waals surface area contributed by atoms with Crippen LogP contribution in [0.25, 0.3) is 11.4 Å². The van der Waals surface area contributed by atoms with Gasteiger partial charge in [0.25, 0.3) is 0 Å². The Balaban J connectivity index is 1.80. The number of hydrogen-bond donors (Lipinski definition) is 1. The smallest absolute Gasteiger partial charge is 0.324 e. The first kappa shape index (κ1) is 21.1. The van der Waals surface area contributed by atoms with Crippen LogP contribution in [-0.2, 0) is 28.7 Å². The molecule has 0 spiro atoms. The number of ether oxygens (including phenoxy) is 1. The number of nitrogens with one attached hydrogen (secondary N) is 1. The highest BCUT2D eigenvalue weighted by molar-refractivity contribution is 8.00. The van der Waals surface area contributed by atoms with Gasteiger partial charge in [-0.05, 0) is 23.2 Å². The molecule has 8 heteroatoms. The second-order valence-electron chi connectivity index (χ2n) is 8.24. The van der Waals surface area contributed by atoms with E-state index in [0.29, 0.717) is 11.4 Å². The van der Waals surface area contributed by atoms with E-state index < -0.39 is 0 Å². The maximum absolute atomic E-state index is 11.9. The maximum atomic E-state index is 11.9. The minimum Gasteiger partial charge on any atom is -0.468 e.